The van der Waals surface area contributed by atoms with Gasteiger partial charge in [-0.25, -0.2) is 8.42 Å². The average Bonchev–Trinajstić information content (AvgIpc) is 2.66. The lowest BCUT2D eigenvalue weighted by Crippen LogP contribution is -2.13. The van der Waals surface area contributed by atoms with E-state index in [-0.39, 0.29) is 31.8 Å². The van der Waals surface area contributed by atoms with Gasteiger partial charge in [0.15, 0.2) is 0 Å². The van der Waals surface area contributed by atoms with Crippen molar-refractivity contribution < 1.29 is 18.3 Å². The van der Waals surface area contributed by atoms with E-state index in [9.17, 15) is 18.3 Å². The summed E-state index contributed by atoms with van der Waals surface area (Å²) in [6.07, 6.45) is 0. The van der Waals surface area contributed by atoms with E-state index >= 15 is 0 Å². The summed E-state index contributed by atoms with van der Waals surface area (Å²) in [5.41, 5.74) is 0.711. The van der Waals surface area contributed by atoms with Crippen LogP contribution in [0, 0.1) is 6.92 Å². The molecular weight excluding hydrogens is 421 g/mol. The Balaban J connectivity index is 1.97. The summed E-state index contributed by atoms with van der Waals surface area (Å²) in [4.78, 5) is 12.5. The number of sulfone groups is 1. The van der Waals surface area contributed by atoms with Gasteiger partial charge in [-0.1, -0.05) is 35.3 Å². The van der Waals surface area contributed by atoms with Crippen LogP contribution in [-0.2, 0) is 9.84 Å². The normalized spacial score (nSPS) is 11.2. The van der Waals surface area contributed by atoms with Gasteiger partial charge in [-0.3, -0.25) is 4.79 Å². The first-order valence-electron chi connectivity index (χ1n) is 8.10. The molecule has 0 saturated carbocycles. The van der Waals surface area contributed by atoms with Crippen LogP contribution in [0.5, 0.6) is 5.75 Å². The maximum Gasteiger partial charge on any atom is 0.259 e. The second-order valence-corrected chi connectivity index (χ2v) is 8.82. The lowest BCUT2D eigenvalue weighted by atomic mass is 10.1. The zero-order chi connectivity index (χ0) is 20.5. The number of rotatable bonds is 4. The number of anilines is 1. The highest BCUT2D eigenvalue weighted by molar-refractivity contribution is 7.91. The highest BCUT2D eigenvalue weighted by Crippen LogP contribution is 2.30. The van der Waals surface area contributed by atoms with E-state index in [0.29, 0.717) is 10.6 Å². The van der Waals surface area contributed by atoms with Crippen LogP contribution in [0.25, 0.3) is 0 Å². The van der Waals surface area contributed by atoms with E-state index in [1.165, 1.54) is 48.5 Å². The molecule has 0 heterocycles. The number of aryl methyl sites for hydroxylation is 1. The highest BCUT2D eigenvalue weighted by Gasteiger charge is 2.20. The third kappa shape index (κ3) is 3.99. The van der Waals surface area contributed by atoms with Crippen LogP contribution in [0.2, 0.25) is 10.0 Å². The van der Waals surface area contributed by atoms with Gasteiger partial charge in [0.05, 0.1) is 26.1 Å². The third-order valence-electron chi connectivity index (χ3n) is 4.10. The number of para-hydroxylation sites is 1. The van der Waals surface area contributed by atoms with Gasteiger partial charge in [-0.2, -0.15) is 0 Å². The van der Waals surface area contributed by atoms with Crippen molar-refractivity contribution >= 4 is 44.6 Å². The second kappa shape index (κ2) is 7.83. The Labute approximate surface area is 172 Å². The van der Waals surface area contributed by atoms with Gasteiger partial charge in [0.25, 0.3) is 5.91 Å². The quantitative estimate of drug-likeness (QED) is 0.597. The molecule has 8 heteroatoms. The number of benzene rings is 3. The molecule has 0 saturated heterocycles. The molecule has 0 atom stereocenters. The summed E-state index contributed by atoms with van der Waals surface area (Å²) < 4.78 is 25.6. The van der Waals surface area contributed by atoms with E-state index < -0.39 is 15.7 Å². The van der Waals surface area contributed by atoms with Crippen molar-refractivity contribution in [1.29, 1.82) is 0 Å². The van der Waals surface area contributed by atoms with Crippen LogP contribution in [0.3, 0.4) is 0 Å². The maximum atomic E-state index is 12.8. The molecule has 0 aliphatic rings. The summed E-state index contributed by atoms with van der Waals surface area (Å²) in [6, 6.07) is 14.5. The predicted octanol–water partition coefficient (Wildman–Crippen LogP) is 5.09. The van der Waals surface area contributed by atoms with E-state index in [1.807, 2.05) is 0 Å². The summed E-state index contributed by atoms with van der Waals surface area (Å²) in [5, 5.41) is 13.2. The number of nitrogens with one attached hydrogen (secondary N) is 1. The van der Waals surface area contributed by atoms with E-state index in [4.69, 9.17) is 23.2 Å². The molecule has 0 fully saturated rings. The van der Waals surface area contributed by atoms with Gasteiger partial charge < -0.3 is 10.4 Å². The Morgan fingerprint density at radius 2 is 1.61 bits per heavy atom. The lowest BCUT2D eigenvalue weighted by Gasteiger charge is -2.12. The first-order chi connectivity index (χ1) is 13.2. The molecule has 28 heavy (non-hydrogen) atoms. The SMILES string of the molecule is Cc1cccc(C(=O)Nc2cc(S(=O)(=O)c3ccc(Cl)cc3)ccc2Cl)c1O. The fraction of sp³-hybridized carbons (Fsp3) is 0.0500. The molecule has 3 aromatic rings. The number of hydrogen-bond acceptors (Lipinski definition) is 4. The molecule has 2 N–H and O–H groups in total. The second-order valence-electron chi connectivity index (χ2n) is 6.02. The van der Waals surface area contributed by atoms with Crippen LogP contribution in [-0.4, -0.2) is 19.4 Å². The molecule has 0 aliphatic carbocycles. The van der Waals surface area contributed by atoms with Crippen LogP contribution in [0.4, 0.5) is 5.69 Å². The largest absolute Gasteiger partial charge is 0.507 e. The minimum atomic E-state index is -3.83. The third-order valence-corrected chi connectivity index (χ3v) is 6.45. The molecule has 5 nitrogen and oxygen atoms in total. The van der Waals surface area contributed by atoms with Crippen LogP contribution < -0.4 is 5.32 Å². The Morgan fingerprint density at radius 1 is 0.964 bits per heavy atom. The number of aromatic hydroxyl groups is 1. The van der Waals surface area contributed by atoms with Crippen molar-refractivity contribution in [2.45, 2.75) is 16.7 Å². The first-order valence-corrected chi connectivity index (χ1v) is 10.3. The Morgan fingerprint density at radius 3 is 2.29 bits per heavy atom. The zero-order valence-electron chi connectivity index (χ0n) is 14.6. The smallest absolute Gasteiger partial charge is 0.259 e. The standard InChI is InChI=1S/C20H15Cl2NO4S/c1-12-3-2-4-16(19(12)24)20(25)23-18-11-15(9-10-17(18)22)28(26,27)14-7-5-13(21)6-8-14/h2-11,24H,1H3,(H,23,25). The number of halogens is 2. The van der Waals surface area contributed by atoms with E-state index in [2.05, 4.69) is 5.32 Å². The molecule has 0 aliphatic heterocycles. The first kappa shape index (κ1) is 20.2. The lowest BCUT2D eigenvalue weighted by molar-refractivity contribution is 0.102. The number of carbonyl (C=O) groups excluding carboxylic acids is 1. The van der Waals surface area contributed by atoms with Crippen molar-refractivity contribution in [1.82, 2.24) is 0 Å². The van der Waals surface area contributed by atoms with Gasteiger partial charge >= 0.3 is 0 Å². The summed E-state index contributed by atoms with van der Waals surface area (Å²) >= 11 is 11.9. The Kier molecular flexibility index (Phi) is 5.65. The number of carbonyl (C=O) groups is 1. The van der Waals surface area contributed by atoms with Crippen molar-refractivity contribution in [2.24, 2.45) is 0 Å². The number of amides is 1. The summed E-state index contributed by atoms with van der Waals surface area (Å²) in [6.45, 7) is 1.67. The molecule has 0 aromatic heterocycles. The van der Waals surface area contributed by atoms with E-state index in [1.54, 1.807) is 19.1 Å². The zero-order valence-corrected chi connectivity index (χ0v) is 16.9. The van der Waals surface area contributed by atoms with Crippen LogP contribution in [0.1, 0.15) is 15.9 Å². The molecule has 0 spiro atoms. The minimum absolute atomic E-state index is 0.0389. The average molecular weight is 436 g/mol. The van der Waals surface area contributed by atoms with Crippen molar-refractivity contribution in [2.75, 3.05) is 5.32 Å². The van der Waals surface area contributed by atoms with Crippen molar-refractivity contribution in [3.8, 4) is 5.75 Å². The molecule has 0 unspecified atom stereocenters. The monoisotopic (exact) mass is 435 g/mol. The van der Waals surface area contributed by atoms with Gasteiger partial charge in [0, 0.05) is 5.02 Å². The molecular formula is C20H15Cl2NO4S. The molecule has 3 aromatic carbocycles. The Hall–Kier alpha value is -2.54. The van der Waals surface area contributed by atoms with Gasteiger partial charge in [0.1, 0.15) is 5.75 Å². The molecule has 144 valence electrons. The minimum Gasteiger partial charge on any atom is -0.507 e. The molecule has 0 radical (unpaired) electrons. The van der Waals surface area contributed by atoms with Gasteiger partial charge in [0.2, 0.25) is 9.84 Å². The maximum absolute atomic E-state index is 12.8. The van der Waals surface area contributed by atoms with Crippen molar-refractivity contribution in [3.63, 3.8) is 0 Å². The van der Waals surface area contributed by atoms with Crippen LogP contribution in [0.15, 0.2) is 70.5 Å². The van der Waals surface area contributed by atoms with Gasteiger partial charge in [-0.15, -0.1) is 0 Å². The number of hydrogen-bond donors (Lipinski definition) is 2. The van der Waals surface area contributed by atoms with Crippen LogP contribution >= 0.6 is 23.2 Å². The molecule has 3 rings (SSSR count). The van der Waals surface area contributed by atoms with Crippen molar-refractivity contribution in [3.05, 3.63) is 81.8 Å². The fourth-order valence-electron chi connectivity index (χ4n) is 2.55. The summed E-state index contributed by atoms with van der Waals surface area (Å²) in [5.74, 6) is -0.759. The van der Waals surface area contributed by atoms with Gasteiger partial charge in [-0.05, 0) is 61.0 Å². The predicted molar refractivity (Wildman–Crippen MR) is 109 cm³/mol. The molecule has 0 bridgehead atoms. The fourth-order valence-corrected chi connectivity index (χ4v) is 4.13. The number of phenols is 1. The summed E-state index contributed by atoms with van der Waals surface area (Å²) in [7, 11) is -3.83. The Bertz CT molecular complexity index is 1160. The molecule has 1 amide bonds. The topological polar surface area (TPSA) is 83.5 Å². The highest BCUT2D eigenvalue weighted by atomic mass is 35.5. The van der Waals surface area contributed by atoms with E-state index in [0.717, 1.165) is 0 Å². The number of phenolic OH excluding ortho intramolecular Hbond substituents is 1.